The second-order valence-corrected chi connectivity index (χ2v) is 8.03. The summed E-state index contributed by atoms with van der Waals surface area (Å²) in [6.07, 6.45) is 3.75. The van der Waals surface area contributed by atoms with Crippen LogP contribution in [0.3, 0.4) is 0 Å². The summed E-state index contributed by atoms with van der Waals surface area (Å²) in [5.41, 5.74) is 6.89. The molecule has 1 aromatic heterocycles. The number of carbonyl (C=O) groups is 1. The van der Waals surface area contributed by atoms with Crippen molar-refractivity contribution in [2.75, 3.05) is 35.7 Å². The molecular weight excluding hydrogens is 308 g/mol. The van der Waals surface area contributed by atoms with E-state index in [9.17, 15) is 4.79 Å². The van der Waals surface area contributed by atoms with Gasteiger partial charge in [0.25, 0.3) is 0 Å². The summed E-state index contributed by atoms with van der Waals surface area (Å²) in [4.78, 5) is 16.3. The van der Waals surface area contributed by atoms with E-state index in [1.165, 1.54) is 11.4 Å². The fraction of sp³-hybridized carbons (Fsp3) is 0.643. The van der Waals surface area contributed by atoms with E-state index in [1.807, 2.05) is 13.2 Å². The van der Waals surface area contributed by atoms with Gasteiger partial charge in [-0.1, -0.05) is 13.8 Å². The maximum atomic E-state index is 12.0. The van der Waals surface area contributed by atoms with Gasteiger partial charge in [0.1, 0.15) is 5.00 Å². The lowest BCUT2D eigenvalue weighted by Gasteiger charge is -2.33. The number of nitrogen functional groups attached to an aromatic ring is 1. The molecule has 3 nitrogen and oxygen atoms in total. The first-order valence-electron chi connectivity index (χ1n) is 6.98. The van der Waals surface area contributed by atoms with Crippen LogP contribution in [-0.2, 0) is 0 Å². The van der Waals surface area contributed by atoms with Gasteiger partial charge in [-0.25, -0.2) is 0 Å². The molecule has 6 heteroatoms. The van der Waals surface area contributed by atoms with Crippen molar-refractivity contribution in [3.8, 4) is 0 Å². The number of nitrogens with zero attached hydrogens (tertiary/aromatic N) is 1. The number of hydrogen-bond donors (Lipinski definition) is 1. The zero-order valence-corrected chi connectivity index (χ0v) is 14.7. The zero-order chi connectivity index (χ0) is 14.7. The number of carbonyl (C=O) groups excluding carboxylic acids is 1. The first-order chi connectivity index (χ1) is 9.62. The number of thiophene rings is 1. The molecule has 1 aliphatic rings. The molecule has 0 aliphatic carbocycles. The van der Waals surface area contributed by atoms with Gasteiger partial charge in [0.05, 0.1) is 15.5 Å². The summed E-state index contributed by atoms with van der Waals surface area (Å²) in [6, 6.07) is 0. The molecule has 2 heterocycles. The fourth-order valence-electron chi connectivity index (χ4n) is 2.34. The van der Waals surface area contributed by atoms with Crippen molar-refractivity contribution in [1.29, 1.82) is 0 Å². The van der Waals surface area contributed by atoms with E-state index in [1.54, 1.807) is 23.1 Å². The molecule has 0 radical (unpaired) electrons. The summed E-state index contributed by atoms with van der Waals surface area (Å²) in [6.45, 7) is 6.25. The predicted octanol–water partition coefficient (Wildman–Crippen LogP) is 3.98. The highest BCUT2D eigenvalue weighted by Gasteiger charge is 2.26. The van der Waals surface area contributed by atoms with Gasteiger partial charge in [-0.2, -0.15) is 11.8 Å². The maximum absolute atomic E-state index is 12.0. The normalized spacial score (nSPS) is 19.4. The highest BCUT2D eigenvalue weighted by atomic mass is 32.2. The standard InChI is InChI=1S/C14H22N2OS3/c1-4-9-8-16(6-7-19-9)14-13(18-3)11(15)12(20-14)10(17)5-2/h9H,4-8,15H2,1-3H3. The molecule has 1 unspecified atom stereocenters. The topological polar surface area (TPSA) is 46.3 Å². The van der Waals surface area contributed by atoms with E-state index >= 15 is 0 Å². The molecule has 1 atom stereocenters. The lowest BCUT2D eigenvalue weighted by atomic mass is 10.2. The summed E-state index contributed by atoms with van der Waals surface area (Å²) in [7, 11) is 0. The van der Waals surface area contributed by atoms with E-state index in [0.717, 1.165) is 28.6 Å². The first kappa shape index (κ1) is 16.0. The number of anilines is 2. The first-order valence-corrected chi connectivity index (χ1v) is 10.1. The average molecular weight is 331 g/mol. The van der Waals surface area contributed by atoms with Crippen molar-refractivity contribution in [1.82, 2.24) is 0 Å². The minimum absolute atomic E-state index is 0.160. The van der Waals surface area contributed by atoms with Crippen molar-refractivity contribution in [3.05, 3.63) is 4.88 Å². The van der Waals surface area contributed by atoms with Crippen molar-refractivity contribution in [2.24, 2.45) is 0 Å². The smallest absolute Gasteiger partial charge is 0.174 e. The average Bonchev–Trinajstić information content (AvgIpc) is 2.83. The van der Waals surface area contributed by atoms with Gasteiger partial charge >= 0.3 is 0 Å². The number of ketones is 1. The molecule has 2 N–H and O–H groups in total. The molecule has 1 saturated heterocycles. The molecule has 0 saturated carbocycles. The Kier molecular flexibility index (Phi) is 5.69. The van der Waals surface area contributed by atoms with Crippen molar-refractivity contribution >= 4 is 51.3 Å². The third-order valence-corrected chi connectivity index (χ3v) is 7.17. The lowest BCUT2D eigenvalue weighted by Crippen LogP contribution is -2.37. The van der Waals surface area contributed by atoms with Crippen LogP contribution in [0, 0.1) is 0 Å². The van der Waals surface area contributed by atoms with Crippen molar-refractivity contribution in [2.45, 2.75) is 36.8 Å². The SMILES string of the molecule is CCC(=O)c1sc(N2CCSC(CC)C2)c(SC)c1N. The largest absolute Gasteiger partial charge is 0.396 e. The second-order valence-electron chi connectivity index (χ2n) is 4.81. The summed E-state index contributed by atoms with van der Waals surface area (Å²) < 4.78 is 0. The van der Waals surface area contributed by atoms with Gasteiger partial charge < -0.3 is 10.6 Å². The predicted molar refractivity (Wildman–Crippen MR) is 93.9 cm³/mol. The molecule has 112 valence electrons. The summed E-state index contributed by atoms with van der Waals surface area (Å²) >= 11 is 5.30. The number of nitrogens with two attached hydrogens (primary N) is 1. The maximum Gasteiger partial charge on any atom is 0.174 e. The Morgan fingerprint density at radius 1 is 1.50 bits per heavy atom. The van der Waals surface area contributed by atoms with Crippen LogP contribution in [0.2, 0.25) is 0 Å². The van der Waals surface area contributed by atoms with Gasteiger partial charge in [0.2, 0.25) is 0 Å². The molecule has 1 aromatic rings. The second kappa shape index (κ2) is 7.09. The van der Waals surface area contributed by atoms with E-state index in [-0.39, 0.29) is 5.78 Å². The van der Waals surface area contributed by atoms with E-state index in [4.69, 9.17) is 5.73 Å². The minimum atomic E-state index is 0.160. The highest BCUT2D eigenvalue weighted by Crippen LogP contribution is 2.45. The Hall–Kier alpha value is -0.330. The molecule has 0 aromatic carbocycles. The van der Waals surface area contributed by atoms with E-state index in [2.05, 4.69) is 23.6 Å². The Morgan fingerprint density at radius 2 is 2.25 bits per heavy atom. The van der Waals surface area contributed by atoms with Gasteiger partial charge in [-0.15, -0.1) is 23.1 Å². The van der Waals surface area contributed by atoms with Gasteiger partial charge in [-0.3, -0.25) is 4.79 Å². The van der Waals surface area contributed by atoms with Gasteiger partial charge in [0.15, 0.2) is 5.78 Å². The Labute approximate surface area is 133 Å². The zero-order valence-electron chi connectivity index (χ0n) is 12.3. The van der Waals surface area contributed by atoms with Gasteiger partial charge in [-0.05, 0) is 12.7 Å². The number of hydrogen-bond acceptors (Lipinski definition) is 6. The summed E-state index contributed by atoms with van der Waals surface area (Å²) in [5.74, 6) is 1.31. The summed E-state index contributed by atoms with van der Waals surface area (Å²) in [5, 5.41) is 1.89. The van der Waals surface area contributed by atoms with Crippen LogP contribution in [0.15, 0.2) is 4.90 Å². The molecule has 0 bridgehead atoms. The van der Waals surface area contributed by atoms with Crippen LogP contribution >= 0.6 is 34.9 Å². The van der Waals surface area contributed by atoms with Crippen LogP contribution in [0.4, 0.5) is 10.7 Å². The van der Waals surface area contributed by atoms with Gasteiger partial charge in [0, 0.05) is 30.5 Å². The Bertz CT molecular complexity index is 487. The van der Waals surface area contributed by atoms with Crippen LogP contribution in [0.1, 0.15) is 36.4 Å². The fourth-order valence-corrected chi connectivity index (χ4v) is 5.75. The van der Waals surface area contributed by atoms with Crippen LogP contribution in [0.25, 0.3) is 0 Å². The third kappa shape index (κ3) is 3.12. The van der Waals surface area contributed by atoms with E-state index < -0.39 is 0 Å². The third-order valence-electron chi connectivity index (χ3n) is 3.54. The van der Waals surface area contributed by atoms with Crippen molar-refractivity contribution in [3.63, 3.8) is 0 Å². The lowest BCUT2D eigenvalue weighted by molar-refractivity contribution is 0.0992. The Morgan fingerprint density at radius 3 is 2.85 bits per heavy atom. The van der Waals surface area contributed by atoms with Crippen molar-refractivity contribution < 1.29 is 4.79 Å². The number of thioether (sulfide) groups is 2. The number of rotatable bonds is 5. The number of Topliss-reactive ketones (excluding diaryl/α,β-unsaturated/α-hetero) is 1. The molecule has 2 rings (SSSR count). The molecule has 1 aliphatic heterocycles. The van der Waals surface area contributed by atoms with Crippen LogP contribution in [-0.4, -0.2) is 36.1 Å². The van der Waals surface area contributed by atoms with Crippen LogP contribution < -0.4 is 10.6 Å². The monoisotopic (exact) mass is 330 g/mol. The highest BCUT2D eigenvalue weighted by molar-refractivity contribution is 8.00. The molecule has 20 heavy (non-hydrogen) atoms. The molecule has 1 fully saturated rings. The Balaban J connectivity index is 2.33. The van der Waals surface area contributed by atoms with Crippen LogP contribution in [0.5, 0.6) is 0 Å². The quantitative estimate of drug-likeness (QED) is 0.653. The molecule has 0 spiro atoms. The molecule has 0 amide bonds. The minimum Gasteiger partial charge on any atom is -0.396 e. The molecular formula is C14H22N2OS3. The van der Waals surface area contributed by atoms with E-state index in [0.29, 0.717) is 17.4 Å².